The summed E-state index contributed by atoms with van der Waals surface area (Å²) in [6.45, 7) is 9.27. The van der Waals surface area contributed by atoms with Crippen LogP contribution in [0.1, 0.15) is 46.1 Å². The Morgan fingerprint density at radius 3 is 2.47 bits per heavy atom. The molecule has 1 rings (SSSR count). The molecule has 1 nitrogen and oxygen atoms in total. The standard InChI is InChI=1S/C16H25F2N/c1-5-6-12(11-19-16(2,3)4)9-13-10-14(17)7-8-15(13)18/h7-8,10,12,19H,5-6,9,11H2,1-4H3. The van der Waals surface area contributed by atoms with Gasteiger partial charge in [0.1, 0.15) is 11.6 Å². The van der Waals surface area contributed by atoms with Crippen LogP contribution in [0, 0.1) is 17.6 Å². The zero-order valence-electron chi connectivity index (χ0n) is 12.4. The molecule has 1 N–H and O–H groups in total. The molecular weight excluding hydrogens is 244 g/mol. The van der Waals surface area contributed by atoms with Crippen LogP contribution in [-0.4, -0.2) is 12.1 Å². The summed E-state index contributed by atoms with van der Waals surface area (Å²) >= 11 is 0. The molecule has 1 aromatic carbocycles. The van der Waals surface area contributed by atoms with Gasteiger partial charge in [0, 0.05) is 5.54 Å². The normalized spacial score (nSPS) is 13.6. The van der Waals surface area contributed by atoms with Crippen molar-refractivity contribution in [1.29, 1.82) is 0 Å². The first-order valence-electron chi connectivity index (χ1n) is 7.00. The number of hydrogen-bond donors (Lipinski definition) is 1. The molecule has 0 heterocycles. The summed E-state index contributed by atoms with van der Waals surface area (Å²) in [5.74, 6) is -0.339. The first-order chi connectivity index (χ1) is 8.81. The topological polar surface area (TPSA) is 12.0 Å². The van der Waals surface area contributed by atoms with Crippen molar-refractivity contribution in [1.82, 2.24) is 5.32 Å². The lowest BCUT2D eigenvalue weighted by Crippen LogP contribution is -2.39. The molecule has 1 unspecified atom stereocenters. The molecule has 0 aliphatic heterocycles. The molecule has 0 aliphatic carbocycles. The van der Waals surface area contributed by atoms with Crippen LogP contribution in [0.5, 0.6) is 0 Å². The second kappa shape index (κ2) is 6.99. The second-order valence-corrected chi connectivity index (χ2v) is 6.23. The van der Waals surface area contributed by atoms with Gasteiger partial charge in [-0.1, -0.05) is 13.3 Å². The van der Waals surface area contributed by atoms with E-state index in [0.717, 1.165) is 19.4 Å². The third-order valence-electron chi connectivity index (χ3n) is 3.13. The first kappa shape index (κ1) is 16.1. The van der Waals surface area contributed by atoms with Crippen LogP contribution in [0.25, 0.3) is 0 Å². The van der Waals surface area contributed by atoms with E-state index in [0.29, 0.717) is 17.9 Å². The van der Waals surface area contributed by atoms with Gasteiger partial charge in [0.25, 0.3) is 0 Å². The largest absolute Gasteiger partial charge is 0.312 e. The molecule has 0 fully saturated rings. The maximum absolute atomic E-state index is 13.7. The number of rotatable bonds is 6. The highest BCUT2D eigenvalue weighted by atomic mass is 19.1. The van der Waals surface area contributed by atoms with E-state index in [1.54, 1.807) is 0 Å². The van der Waals surface area contributed by atoms with Crippen LogP contribution in [0.3, 0.4) is 0 Å². The van der Waals surface area contributed by atoms with Gasteiger partial charge in [-0.25, -0.2) is 8.78 Å². The molecule has 0 aliphatic rings. The SMILES string of the molecule is CCCC(CNC(C)(C)C)Cc1cc(F)ccc1F. The Morgan fingerprint density at radius 1 is 1.21 bits per heavy atom. The third-order valence-corrected chi connectivity index (χ3v) is 3.13. The van der Waals surface area contributed by atoms with Gasteiger partial charge in [-0.3, -0.25) is 0 Å². The maximum atomic E-state index is 13.7. The lowest BCUT2D eigenvalue weighted by atomic mass is 9.93. The molecule has 0 bridgehead atoms. The van der Waals surface area contributed by atoms with Crippen LogP contribution in [0.15, 0.2) is 18.2 Å². The fourth-order valence-electron chi connectivity index (χ4n) is 2.15. The number of halogens is 2. The highest BCUT2D eigenvalue weighted by molar-refractivity contribution is 5.19. The van der Waals surface area contributed by atoms with E-state index in [1.165, 1.54) is 18.2 Å². The average molecular weight is 269 g/mol. The van der Waals surface area contributed by atoms with E-state index in [1.807, 2.05) is 0 Å². The molecule has 0 spiro atoms. The monoisotopic (exact) mass is 269 g/mol. The van der Waals surface area contributed by atoms with Crippen molar-refractivity contribution in [3.63, 3.8) is 0 Å². The summed E-state index contributed by atoms with van der Waals surface area (Å²) in [5, 5.41) is 3.44. The highest BCUT2D eigenvalue weighted by Crippen LogP contribution is 2.18. The van der Waals surface area contributed by atoms with Crippen molar-refractivity contribution in [3.8, 4) is 0 Å². The van der Waals surface area contributed by atoms with Gasteiger partial charge in [0.15, 0.2) is 0 Å². The Bertz CT molecular complexity index is 396. The minimum atomic E-state index is -0.365. The van der Waals surface area contributed by atoms with E-state index in [-0.39, 0.29) is 17.2 Å². The zero-order valence-corrected chi connectivity index (χ0v) is 12.4. The number of nitrogens with one attached hydrogen (secondary N) is 1. The Morgan fingerprint density at radius 2 is 1.89 bits per heavy atom. The van der Waals surface area contributed by atoms with Gasteiger partial charge >= 0.3 is 0 Å². The quantitative estimate of drug-likeness (QED) is 0.811. The lowest BCUT2D eigenvalue weighted by molar-refractivity contribution is 0.352. The fourth-order valence-corrected chi connectivity index (χ4v) is 2.15. The van der Waals surface area contributed by atoms with Gasteiger partial charge in [0.05, 0.1) is 0 Å². The van der Waals surface area contributed by atoms with E-state index in [4.69, 9.17) is 0 Å². The van der Waals surface area contributed by atoms with E-state index in [9.17, 15) is 8.78 Å². The molecule has 108 valence electrons. The summed E-state index contributed by atoms with van der Waals surface area (Å²) in [6.07, 6.45) is 2.65. The van der Waals surface area contributed by atoms with E-state index in [2.05, 4.69) is 33.0 Å². The minimum absolute atomic E-state index is 0.0481. The van der Waals surface area contributed by atoms with Crippen LogP contribution >= 0.6 is 0 Å². The van der Waals surface area contributed by atoms with E-state index >= 15 is 0 Å². The van der Waals surface area contributed by atoms with Crippen LogP contribution < -0.4 is 5.32 Å². The molecule has 0 aromatic heterocycles. The maximum Gasteiger partial charge on any atom is 0.126 e. The van der Waals surface area contributed by atoms with Crippen molar-refractivity contribution in [2.24, 2.45) is 5.92 Å². The van der Waals surface area contributed by atoms with E-state index < -0.39 is 0 Å². The van der Waals surface area contributed by atoms with Gasteiger partial charge in [-0.2, -0.15) is 0 Å². The van der Waals surface area contributed by atoms with Crippen molar-refractivity contribution in [3.05, 3.63) is 35.4 Å². The summed E-state index contributed by atoms with van der Waals surface area (Å²) in [4.78, 5) is 0. The molecule has 1 aromatic rings. The average Bonchev–Trinajstić information content (AvgIpc) is 2.30. The lowest BCUT2D eigenvalue weighted by Gasteiger charge is -2.25. The molecule has 1 atom stereocenters. The Hall–Kier alpha value is -0.960. The molecule has 0 radical (unpaired) electrons. The Labute approximate surface area is 115 Å². The highest BCUT2D eigenvalue weighted by Gasteiger charge is 2.16. The summed E-state index contributed by atoms with van der Waals surface area (Å²) in [6, 6.07) is 3.70. The van der Waals surface area contributed by atoms with Crippen molar-refractivity contribution in [2.75, 3.05) is 6.54 Å². The Kier molecular flexibility index (Phi) is 5.92. The third kappa shape index (κ3) is 6.15. The van der Waals surface area contributed by atoms with Crippen molar-refractivity contribution < 1.29 is 8.78 Å². The van der Waals surface area contributed by atoms with Gasteiger partial charge in [-0.05, 0) is 69.8 Å². The van der Waals surface area contributed by atoms with Crippen LogP contribution in [0.4, 0.5) is 8.78 Å². The zero-order chi connectivity index (χ0) is 14.5. The predicted octanol–water partition coefficient (Wildman–Crippen LogP) is 4.31. The first-order valence-corrected chi connectivity index (χ1v) is 7.00. The molecule has 0 amide bonds. The molecule has 3 heteroatoms. The fraction of sp³-hybridized carbons (Fsp3) is 0.625. The molecule has 19 heavy (non-hydrogen) atoms. The van der Waals surface area contributed by atoms with Crippen LogP contribution in [0.2, 0.25) is 0 Å². The Balaban J connectivity index is 2.69. The second-order valence-electron chi connectivity index (χ2n) is 6.23. The number of benzene rings is 1. The molecular formula is C16H25F2N. The van der Waals surface area contributed by atoms with Gasteiger partial charge in [-0.15, -0.1) is 0 Å². The summed E-state index contributed by atoms with van der Waals surface area (Å²) < 4.78 is 26.8. The van der Waals surface area contributed by atoms with Crippen molar-refractivity contribution in [2.45, 2.75) is 52.5 Å². The predicted molar refractivity (Wildman–Crippen MR) is 76.2 cm³/mol. The minimum Gasteiger partial charge on any atom is -0.312 e. The smallest absolute Gasteiger partial charge is 0.126 e. The van der Waals surface area contributed by atoms with Gasteiger partial charge in [0.2, 0.25) is 0 Å². The summed E-state index contributed by atoms with van der Waals surface area (Å²) in [5.41, 5.74) is 0.529. The molecule has 0 saturated carbocycles. The van der Waals surface area contributed by atoms with Gasteiger partial charge < -0.3 is 5.32 Å². The van der Waals surface area contributed by atoms with Crippen LogP contribution in [-0.2, 0) is 6.42 Å². The number of hydrogen-bond acceptors (Lipinski definition) is 1. The van der Waals surface area contributed by atoms with Crippen molar-refractivity contribution >= 4 is 0 Å². The summed E-state index contributed by atoms with van der Waals surface area (Å²) in [7, 11) is 0. The molecule has 0 saturated heterocycles.